The van der Waals surface area contributed by atoms with Crippen LogP contribution in [0.1, 0.15) is 12.5 Å². The van der Waals surface area contributed by atoms with E-state index in [4.69, 9.17) is 0 Å². The summed E-state index contributed by atoms with van der Waals surface area (Å²) in [7, 11) is 0. The van der Waals surface area contributed by atoms with Crippen LogP contribution in [0.5, 0.6) is 11.5 Å². The van der Waals surface area contributed by atoms with Crippen LogP contribution in [0.3, 0.4) is 0 Å². The molecular weight excluding hydrogens is 492 g/mol. The quantitative estimate of drug-likeness (QED) is 0.382. The number of hydrogen-bond acceptors (Lipinski definition) is 5. The molecule has 0 heterocycles. The van der Waals surface area contributed by atoms with Crippen LogP contribution in [0, 0.1) is 0 Å². The second-order valence-corrected chi connectivity index (χ2v) is 7.12. The Balaban J connectivity index is 1.82. The highest BCUT2D eigenvalue weighted by Crippen LogP contribution is 2.32. The molecule has 0 bridgehead atoms. The van der Waals surface area contributed by atoms with E-state index >= 15 is 0 Å². The van der Waals surface area contributed by atoms with Crippen molar-refractivity contribution in [1.29, 1.82) is 0 Å². The monoisotopic (exact) mass is 505 g/mol. The first-order chi connectivity index (χ1) is 12.6. The number of benzene rings is 2. The number of hydrogen-bond donors (Lipinski definition) is 3. The predicted molar refractivity (Wildman–Crippen MR) is 105 cm³/mol. The third kappa shape index (κ3) is 7.14. The van der Waals surface area contributed by atoms with Gasteiger partial charge in [0.05, 0.1) is 21.7 Å². The molecule has 6 nitrogen and oxygen atoms in total. The number of aromatic hydroxyl groups is 1. The molecule has 10 heteroatoms. The Hall–Kier alpha value is -2.20. The maximum Gasteiger partial charge on any atom is 0.394 e. The zero-order chi connectivity index (χ0) is 20.0. The van der Waals surface area contributed by atoms with Crippen LogP contribution >= 0.6 is 31.9 Å². The van der Waals surface area contributed by atoms with Gasteiger partial charge in [0.25, 0.3) is 5.91 Å². The number of phenols is 1. The van der Waals surface area contributed by atoms with Crippen molar-refractivity contribution in [2.75, 3.05) is 11.9 Å². The molecule has 0 aliphatic rings. The molecule has 0 radical (unpaired) electrons. The zero-order valence-electron chi connectivity index (χ0n) is 14.0. The van der Waals surface area contributed by atoms with Gasteiger partial charge in [-0.25, -0.2) is 5.43 Å². The average molecular weight is 507 g/mol. The molecule has 0 aliphatic carbocycles. The van der Waals surface area contributed by atoms with Crippen molar-refractivity contribution in [3.63, 3.8) is 0 Å². The summed E-state index contributed by atoms with van der Waals surface area (Å²) in [6.45, 7) is 0.587. The fourth-order valence-electron chi connectivity index (χ4n) is 1.91. The first-order valence-electron chi connectivity index (χ1n) is 7.55. The Morgan fingerprint density at radius 2 is 1.85 bits per heavy atom. The van der Waals surface area contributed by atoms with Crippen molar-refractivity contribution < 1.29 is 23.4 Å². The fraction of sp³-hybridized carbons (Fsp3) is 0.176. The molecule has 0 saturated carbocycles. The van der Waals surface area contributed by atoms with Gasteiger partial charge in [-0.05, 0) is 73.8 Å². The van der Waals surface area contributed by atoms with E-state index in [2.05, 4.69) is 52.4 Å². The fourth-order valence-corrected chi connectivity index (χ4v) is 3.13. The van der Waals surface area contributed by atoms with Gasteiger partial charge in [0.1, 0.15) is 11.5 Å². The van der Waals surface area contributed by atoms with Crippen molar-refractivity contribution in [1.82, 2.24) is 5.43 Å². The lowest BCUT2D eigenvalue weighted by Gasteiger charge is -2.13. The Kier molecular flexibility index (Phi) is 7.14. The highest BCUT2D eigenvalue weighted by Gasteiger charge is 2.22. The van der Waals surface area contributed by atoms with Gasteiger partial charge >= 0.3 is 6.11 Å². The van der Waals surface area contributed by atoms with Gasteiger partial charge in [0.15, 0.2) is 0 Å². The third-order valence-electron chi connectivity index (χ3n) is 3.05. The van der Waals surface area contributed by atoms with Gasteiger partial charge in [-0.15, -0.1) is 0 Å². The van der Waals surface area contributed by atoms with E-state index in [9.17, 15) is 18.7 Å². The van der Waals surface area contributed by atoms with Crippen molar-refractivity contribution in [3.8, 4) is 11.5 Å². The lowest BCUT2D eigenvalue weighted by atomic mass is 10.2. The Labute approximate surface area is 170 Å². The highest BCUT2D eigenvalue weighted by molar-refractivity contribution is 9.11. The topological polar surface area (TPSA) is 83.0 Å². The van der Waals surface area contributed by atoms with Crippen molar-refractivity contribution in [2.24, 2.45) is 5.10 Å². The smallest absolute Gasteiger partial charge is 0.394 e. The minimum atomic E-state index is -3.25. The number of halogens is 4. The largest absolute Gasteiger partial charge is 0.506 e. The molecule has 3 N–H and O–H groups in total. The molecule has 0 unspecified atom stereocenters. The summed E-state index contributed by atoms with van der Waals surface area (Å²) in [6, 6.07) is 9.05. The molecule has 2 aromatic rings. The standard InChI is InChI=1S/C17H15Br2F2N3O3/c1-17(20,21)27-12-4-2-11(3-5-12)22-9-15(25)24-23-8-10-6-13(18)16(26)14(19)7-10/h2-8,22,26H,9H2,1H3,(H,24,25)/b23-8+. The van der Waals surface area contributed by atoms with Crippen molar-refractivity contribution >= 4 is 49.7 Å². The van der Waals surface area contributed by atoms with Crippen LogP contribution in [0.25, 0.3) is 0 Å². The van der Waals surface area contributed by atoms with E-state index in [1.807, 2.05) is 0 Å². The lowest BCUT2D eigenvalue weighted by molar-refractivity contribution is -0.158. The molecule has 2 aromatic carbocycles. The van der Waals surface area contributed by atoms with E-state index in [1.54, 1.807) is 12.1 Å². The molecule has 0 spiro atoms. The van der Waals surface area contributed by atoms with Crippen LogP contribution in [0.4, 0.5) is 14.5 Å². The van der Waals surface area contributed by atoms with E-state index in [0.29, 0.717) is 27.1 Å². The summed E-state index contributed by atoms with van der Waals surface area (Å²) >= 11 is 6.40. The maximum absolute atomic E-state index is 12.7. The second kappa shape index (κ2) is 9.14. The number of phenolic OH excluding ortho intramolecular Hbond substituents is 1. The molecular formula is C17H15Br2F2N3O3. The average Bonchev–Trinajstić information content (AvgIpc) is 2.57. The minimum Gasteiger partial charge on any atom is -0.506 e. The molecule has 2 rings (SSSR count). The van der Waals surface area contributed by atoms with Gasteiger partial charge in [0, 0.05) is 12.6 Å². The van der Waals surface area contributed by atoms with Crippen LogP contribution in [0.2, 0.25) is 0 Å². The van der Waals surface area contributed by atoms with Gasteiger partial charge in [-0.3, -0.25) is 4.79 Å². The summed E-state index contributed by atoms with van der Waals surface area (Å²) in [4.78, 5) is 11.8. The first-order valence-corrected chi connectivity index (χ1v) is 9.13. The second-order valence-electron chi connectivity index (χ2n) is 5.41. The van der Waals surface area contributed by atoms with Gasteiger partial charge in [0.2, 0.25) is 0 Å². The third-order valence-corrected chi connectivity index (χ3v) is 4.26. The molecule has 0 aromatic heterocycles. The van der Waals surface area contributed by atoms with Crippen LogP contribution < -0.4 is 15.5 Å². The lowest BCUT2D eigenvalue weighted by Crippen LogP contribution is -2.25. The number of nitrogens with one attached hydrogen (secondary N) is 2. The van der Waals surface area contributed by atoms with Gasteiger partial charge < -0.3 is 15.2 Å². The van der Waals surface area contributed by atoms with Crippen LogP contribution in [-0.2, 0) is 4.79 Å². The van der Waals surface area contributed by atoms with Crippen molar-refractivity contribution in [2.45, 2.75) is 13.0 Å². The number of hydrazone groups is 1. The van der Waals surface area contributed by atoms with Gasteiger partial charge in [-0.2, -0.15) is 13.9 Å². The highest BCUT2D eigenvalue weighted by atomic mass is 79.9. The number of nitrogens with zero attached hydrogens (tertiary/aromatic N) is 1. The summed E-state index contributed by atoms with van der Waals surface area (Å²) in [6.07, 6.45) is -1.83. The van der Waals surface area contributed by atoms with Crippen LogP contribution in [0.15, 0.2) is 50.4 Å². The van der Waals surface area contributed by atoms with E-state index in [1.165, 1.54) is 30.5 Å². The normalized spacial score (nSPS) is 11.4. The number of carbonyl (C=O) groups is 1. The minimum absolute atomic E-state index is 0.0216. The number of alkyl halides is 2. The maximum atomic E-state index is 12.7. The Morgan fingerprint density at radius 1 is 1.26 bits per heavy atom. The predicted octanol–water partition coefficient (Wildman–Crippen LogP) is 4.47. The molecule has 0 saturated heterocycles. The summed E-state index contributed by atoms with van der Waals surface area (Å²) in [5.41, 5.74) is 3.57. The molecule has 1 amide bonds. The number of rotatable bonds is 7. The first kappa shape index (κ1) is 21.1. The molecule has 0 atom stereocenters. The zero-order valence-corrected chi connectivity index (χ0v) is 17.1. The van der Waals surface area contributed by atoms with Gasteiger partial charge in [-0.1, -0.05) is 0 Å². The van der Waals surface area contributed by atoms with E-state index in [-0.39, 0.29) is 18.0 Å². The van der Waals surface area contributed by atoms with E-state index < -0.39 is 12.0 Å². The van der Waals surface area contributed by atoms with Crippen LogP contribution in [-0.4, -0.2) is 29.9 Å². The molecule has 144 valence electrons. The summed E-state index contributed by atoms with van der Waals surface area (Å²) in [5, 5.41) is 16.3. The van der Waals surface area contributed by atoms with E-state index in [0.717, 1.165) is 0 Å². The molecule has 27 heavy (non-hydrogen) atoms. The Morgan fingerprint density at radius 3 is 2.41 bits per heavy atom. The number of ether oxygens (including phenoxy) is 1. The number of carbonyl (C=O) groups excluding carboxylic acids is 1. The SMILES string of the molecule is CC(F)(F)Oc1ccc(NCC(=O)N/N=C/c2cc(Br)c(O)c(Br)c2)cc1. The Bertz CT molecular complexity index is 817. The molecule has 0 aliphatic heterocycles. The summed E-state index contributed by atoms with van der Waals surface area (Å²) in [5.74, 6) is -0.309. The summed E-state index contributed by atoms with van der Waals surface area (Å²) < 4.78 is 30.9. The molecule has 0 fully saturated rings. The number of anilines is 1. The number of amides is 1. The van der Waals surface area contributed by atoms with Crippen molar-refractivity contribution in [3.05, 3.63) is 50.9 Å².